The van der Waals surface area contributed by atoms with Crippen LogP contribution in [-0.2, 0) is 0 Å². The van der Waals surface area contributed by atoms with Gasteiger partial charge in [-0.3, -0.25) is 0 Å². The molecule has 0 radical (unpaired) electrons. The summed E-state index contributed by atoms with van der Waals surface area (Å²) in [6.45, 7) is 9.05. The third-order valence-corrected chi connectivity index (χ3v) is 10.4. The molecule has 2 heteroatoms. The minimum Gasteiger partial charge on any atom is -0.0616 e. The van der Waals surface area contributed by atoms with E-state index in [1.165, 1.54) is 65.0 Å². The van der Waals surface area contributed by atoms with Gasteiger partial charge in [0, 0.05) is 0 Å². The van der Waals surface area contributed by atoms with Crippen LogP contribution in [0.4, 0.5) is 0 Å². The summed E-state index contributed by atoms with van der Waals surface area (Å²) >= 11 is 0. The summed E-state index contributed by atoms with van der Waals surface area (Å²) in [6.07, 6.45) is 0. The predicted molar refractivity (Wildman–Crippen MR) is 183 cm³/mol. The Morgan fingerprint density at radius 1 is 0.400 bits per heavy atom. The Kier molecular flexibility index (Phi) is 7.85. The van der Waals surface area contributed by atoms with Crippen molar-refractivity contribution in [1.29, 1.82) is 0 Å². The van der Waals surface area contributed by atoms with Crippen molar-refractivity contribution in [2.45, 2.75) is 39.5 Å². The van der Waals surface area contributed by atoms with Gasteiger partial charge in [0.1, 0.15) is 0 Å². The molecule has 0 aromatic heterocycles. The molecule has 198 valence electrons. The van der Waals surface area contributed by atoms with E-state index >= 15 is 0 Å². The monoisotopic (exact) mass is 554 g/mol. The summed E-state index contributed by atoms with van der Waals surface area (Å²) in [5.41, 5.74) is 5.58. The molecule has 0 aliphatic heterocycles. The fraction of sp³-hybridized carbons (Fsp3) is 0.158. The third-order valence-electron chi connectivity index (χ3n) is 7.82. The summed E-state index contributed by atoms with van der Waals surface area (Å²) in [5.74, 6) is 1.09. The standard InChI is InChI=1S/C38H36P2/c1-25(2)27-13-19-31(20-14-27)39-35-23-17-29-9-5-7-11-33(29)37(35)38-34-12-8-6-10-30(34)18-24-36(38)40-32-21-15-28(16-22-32)26(3)4/h5-26,39-40H,1-4H3. The first-order valence-electron chi connectivity index (χ1n) is 14.3. The largest absolute Gasteiger partial charge is 0.0616 e. The van der Waals surface area contributed by atoms with E-state index < -0.39 is 0 Å². The molecule has 0 saturated carbocycles. The van der Waals surface area contributed by atoms with Crippen molar-refractivity contribution >= 4 is 59.9 Å². The van der Waals surface area contributed by atoms with Gasteiger partial charge in [-0.25, -0.2) is 0 Å². The normalized spacial score (nSPS) is 12.2. The maximum Gasteiger partial charge on any atom is -0.00150 e. The molecule has 2 unspecified atom stereocenters. The molecule has 6 aromatic rings. The van der Waals surface area contributed by atoms with Crippen molar-refractivity contribution in [1.82, 2.24) is 0 Å². The van der Waals surface area contributed by atoms with E-state index in [1.807, 2.05) is 0 Å². The maximum atomic E-state index is 2.37. The minimum absolute atomic E-state index is 0.544. The van der Waals surface area contributed by atoms with Gasteiger partial charge < -0.3 is 0 Å². The van der Waals surface area contributed by atoms with Crippen LogP contribution < -0.4 is 21.2 Å². The van der Waals surface area contributed by atoms with E-state index in [1.54, 1.807) is 0 Å². The molecule has 0 fully saturated rings. The number of fused-ring (bicyclic) bond motifs is 2. The molecule has 2 atom stereocenters. The van der Waals surface area contributed by atoms with Gasteiger partial charge in [-0.05, 0) is 76.9 Å². The third kappa shape index (κ3) is 5.49. The maximum absolute atomic E-state index is 2.37. The number of hydrogen-bond acceptors (Lipinski definition) is 0. The molecule has 0 spiro atoms. The van der Waals surface area contributed by atoms with Crippen molar-refractivity contribution in [3.63, 3.8) is 0 Å². The molecule has 0 bridgehead atoms. The van der Waals surface area contributed by atoms with Gasteiger partial charge in [0.05, 0.1) is 0 Å². The van der Waals surface area contributed by atoms with Gasteiger partial charge in [-0.15, -0.1) is 0 Å². The van der Waals surface area contributed by atoms with E-state index in [4.69, 9.17) is 0 Å². The molecular formula is C38H36P2. The van der Waals surface area contributed by atoms with Crippen LogP contribution in [0.15, 0.2) is 121 Å². The van der Waals surface area contributed by atoms with Crippen LogP contribution in [0, 0.1) is 0 Å². The lowest BCUT2D eigenvalue weighted by molar-refractivity contribution is 0.867. The van der Waals surface area contributed by atoms with E-state index in [2.05, 4.69) is 149 Å². The molecule has 0 aliphatic rings. The topological polar surface area (TPSA) is 0 Å². The van der Waals surface area contributed by atoms with Gasteiger partial charge >= 0.3 is 0 Å². The van der Waals surface area contributed by atoms with Crippen LogP contribution >= 0.6 is 17.2 Å². The van der Waals surface area contributed by atoms with E-state index in [0.29, 0.717) is 29.0 Å². The molecule has 0 heterocycles. The first kappa shape index (κ1) is 26.9. The lowest BCUT2D eigenvalue weighted by atomic mass is 9.93. The van der Waals surface area contributed by atoms with Gasteiger partial charge in [0.2, 0.25) is 0 Å². The average molecular weight is 555 g/mol. The first-order valence-corrected chi connectivity index (χ1v) is 16.3. The van der Waals surface area contributed by atoms with Crippen LogP contribution in [0.1, 0.15) is 50.7 Å². The highest BCUT2D eigenvalue weighted by Gasteiger charge is 2.18. The smallest absolute Gasteiger partial charge is 0.00150 e. The van der Waals surface area contributed by atoms with Crippen molar-refractivity contribution in [2.75, 3.05) is 0 Å². The number of hydrogen-bond donors (Lipinski definition) is 0. The Labute approximate surface area is 242 Å². The summed E-state index contributed by atoms with van der Waals surface area (Å²) in [5, 5.41) is 10.9. The fourth-order valence-corrected chi connectivity index (χ4v) is 7.90. The Hall–Kier alpha value is -3.30. The SMILES string of the molecule is CC(C)c1ccc(Pc2ccc3ccccc3c2-c2c(Pc3ccc(C(C)C)cc3)ccc3ccccc23)cc1. The highest BCUT2D eigenvalue weighted by molar-refractivity contribution is 7.56. The van der Waals surface area contributed by atoms with Crippen molar-refractivity contribution in [3.05, 3.63) is 132 Å². The van der Waals surface area contributed by atoms with Crippen molar-refractivity contribution in [2.24, 2.45) is 0 Å². The van der Waals surface area contributed by atoms with E-state index in [9.17, 15) is 0 Å². The van der Waals surface area contributed by atoms with Crippen molar-refractivity contribution < 1.29 is 0 Å². The quantitative estimate of drug-likeness (QED) is 0.173. The van der Waals surface area contributed by atoms with Gasteiger partial charge in [-0.1, -0.05) is 166 Å². The Morgan fingerprint density at radius 3 is 1.15 bits per heavy atom. The molecule has 0 nitrogen and oxygen atoms in total. The zero-order chi connectivity index (χ0) is 27.6. The van der Waals surface area contributed by atoms with Crippen LogP contribution in [0.2, 0.25) is 0 Å². The second-order valence-electron chi connectivity index (χ2n) is 11.2. The molecular weight excluding hydrogens is 518 g/mol. The Balaban J connectivity index is 1.55. The second kappa shape index (κ2) is 11.7. The molecule has 0 N–H and O–H groups in total. The predicted octanol–water partition coefficient (Wildman–Crippen LogP) is 9.17. The average Bonchev–Trinajstić information content (AvgIpc) is 2.98. The highest BCUT2D eigenvalue weighted by atomic mass is 31.1. The summed E-state index contributed by atoms with van der Waals surface area (Å²) in [6, 6.07) is 45.7. The molecule has 6 aromatic carbocycles. The molecule has 0 amide bonds. The molecule has 0 aliphatic carbocycles. The summed E-state index contributed by atoms with van der Waals surface area (Å²) in [7, 11) is 1.18. The van der Waals surface area contributed by atoms with Crippen LogP contribution in [0.5, 0.6) is 0 Å². The lowest BCUT2D eigenvalue weighted by Gasteiger charge is -2.20. The number of rotatable bonds is 7. The minimum atomic E-state index is 0.544. The lowest BCUT2D eigenvalue weighted by Crippen LogP contribution is -2.13. The molecule has 0 saturated heterocycles. The zero-order valence-electron chi connectivity index (χ0n) is 23.7. The highest BCUT2D eigenvalue weighted by Crippen LogP contribution is 2.37. The zero-order valence-corrected chi connectivity index (χ0v) is 25.7. The Bertz CT molecular complexity index is 1640. The van der Waals surface area contributed by atoms with Crippen LogP contribution in [0.25, 0.3) is 32.7 Å². The van der Waals surface area contributed by atoms with Crippen LogP contribution in [0.3, 0.4) is 0 Å². The van der Waals surface area contributed by atoms with E-state index in [0.717, 1.165) is 0 Å². The molecule has 6 rings (SSSR count). The first-order chi connectivity index (χ1) is 19.5. The number of benzene rings is 6. The van der Waals surface area contributed by atoms with Crippen molar-refractivity contribution in [3.8, 4) is 11.1 Å². The summed E-state index contributed by atoms with van der Waals surface area (Å²) < 4.78 is 0. The van der Waals surface area contributed by atoms with Gasteiger partial charge in [0.15, 0.2) is 0 Å². The molecule has 40 heavy (non-hydrogen) atoms. The Morgan fingerprint density at radius 2 is 0.775 bits per heavy atom. The van der Waals surface area contributed by atoms with Gasteiger partial charge in [-0.2, -0.15) is 0 Å². The van der Waals surface area contributed by atoms with Gasteiger partial charge in [0.25, 0.3) is 0 Å². The fourth-order valence-electron chi connectivity index (χ4n) is 5.50. The van der Waals surface area contributed by atoms with E-state index in [-0.39, 0.29) is 0 Å². The second-order valence-corrected chi connectivity index (χ2v) is 14.0. The summed E-state index contributed by atoms with van der Waals surface area (Å²) in [4.78, 5) is 0. The van der Waals surface area contributed by atoms with Crippen LogP contribution in [-0.4, -0.2) is 0 Å².